The molecule has 1 aromatic rings. The van der Waals surface area contributed by atoms with Gasteiger partial charge in [-0.1, -0.05) is 0 Å². The smallest absolute Gasteiger partial charge is 0.137 e. The Labute approximate surface area is 78.7 Å². The summed E-state index contributed by atoms with van der Waals surface area (Å²) in [6.07, 6.45) is 4.59. The molecule has 1 aliphatic rings. The normalized spacial score (nSPS) is 20.8. The van der Waals surface area contributed by atoms with Crippen molar-refractivity contribution < 1.29 is 4.48 Å². The van der Waals surface area contributed by atoms with Crippen LogP contribution in [0.2, 0.25) is 0 Å². The minimum absolute atomic E-state index is 1.04. The molecule has 4 heteroatoms. The number of hydrogen-bond donors (Lipinski definition) is 0. The average Bonchev–Trinajstić information content (AvgIpc) is 2.62. The SMILES string of the molecule is Cn1ncc(C[N+]2(C)CCCC2)n1. The van der Waals surface area contributed by atoms with Crippen LogP contribution in [0.15, 0.2) is 6.20 Å². The maximum absolute atomic E-state index is 4.31. The summed E-state index contributed by atoms with van der Waals surface area (Å²) in [6, 6.07) is 0. The van der Waals surface area contributed by atoms with Gasteiger partial charge in [0, 0.05) is 19.9 Å². The Morgan fingerprint density at radius 2 is 2.15 bits per heavy atom. The summed E-state index contributed by atoms with van der Waals surface area (Å²) in [6.45, 7) is 3.61. The molecule has 0 radical (unpaired) electrons. The Morgan fingerprint density at radius 1 is 1.46 bits per heavy atom. The van der Waals surface area contributed by atoms with Gasteiger partial charge in [0.1, 0.15) is 12.2 Å². The van der Waals surface area contributed by atoms with Gasteiger partial charge in [0.2, 0.25) is 0 Å². The van der Waals surface area contributed by atoms with Gasteiger partial charge >= 0.3 is 0 Å². The largest absolute Gasteiger partial charge is 0.321 e. The minimum Gasteiger partial charge on any atom is -0.321 e. The zero-order valence-electron chi connectivity index (χ0n) is 8.40. The van der Waals surface area contributed by atoms with Gasteiger partial charge in [-0.3, -0.25) is 0 Å². The summed E-state index contributed by atoms with van der Waals surface area (Å²) >= 11 is 0. The van der Waals surface area contributed by atoms with E-state index in [1.54, 1.807) is 4.80 Å². The molecule has 0 aromatic carbocycles. The monoisotopic (exact) mass is 181 g/mol. The second-order valence-corrected chi connectivity index (χ2v) is 4.26. The van der Waals surface area contributed by atoms with Crippen molar-refractivity contribution in [3.63, 3.8) is 0 Å². The molecule has 0 amide bonds. The van der Waals surface area contributed by atoms with Crippen molar-refractivity contribution in [3.05, 3.63) is 11.9 Å². The van der Waals surface area contributed by atoms with E-state index < -0.39 is 0 Å². The highest BCUT2D eigenvalue weighted by molar-refractivity contribution is 4.88. The molecular weight excluding hydrogens is 164 g/mol. The maximum Gasteiger partial charge on any atom is 0.137 e. The van der Waals surface area contributed by atoms with Gasteiger partial charge in [-0.15, -0.1) is 0 Å². The Morgan fingerprint density at radius 3 is 2.69 bits per heavy atom. The van der Waals surface area contributed by atoms with Gasteiger partial charge in [0.25, 0.3) is 0 Å². The summed E-state index contributed by atoms with van der Waals surface area (Å²) in [5.74, 6) is 0. The van der Waals surface area contributed by atoms with Gasteiger partial charge in [0.15, 0.2) is 0 Å². The Hall–Kier alpha value is -0.900. The number of likely N-dealkylation sites (tertiary alicyclic amines) is 1. The molecule has 0 spiro atoms. The first kappa shape index (κ1) is 8.69. The zero-order chi connectivity index (χ0) is 9.31. The number of rotatable bonds is 2. The van der Waals surface area contributed by atoms with Crippen LogP contribution in [0.3, 0.4) is 0 Å². The fraction of sp³-hybridized carbons (Fsp3) is 0.778. The molecule has 0 N–H and O–H groups in total. The second kappa shape index (κ2) is 3.10. The van der Waals surface area contributed by atoms with Crippen LogP contribution in [0.1, 0.15) is 18.5 Å². The van der Waals surface area contributed by atoms with Crippen molar-refractivity contribution >= 4 is 0 Å². The van der Waals surface area contributed by atoms with Crippen LogP contribution >= 0.6 is 0 Å². The topological polar surface area (TPSA) is 30.7 Å². The van der Waals surface area contributed by atoms with E-state index >= 15 is 0 Å². The lowest BCUT2D eigenvalue weighted by atomic mass is 10.4. The van der Waals surface area contributed by atoms with E-state index in [1.807, 2.05) is 13.2 Å². The zero-order valence-corrected chi connectivity index (χ0v) is 8.40. The predicted octanol–water partition coefficient (Wildman–Crippen LogP) is 0.555. The van der Waals surface area contributed by atoms with Crippen molar-refractivity contribution in [2.24, 2.45) is 7.05 Å². The maximum atomic E-state index is 4.31. The first-order chi connectivity index (χ1) is 6.18. The number of nitrogens with zero attached hydrogens (tertiary/aromatic N) is 4. The van der Waals surface area contributed by atoms with Crippen molar-refractivity contribution in [2.75, 3.05) is 20.1 Å². The third-order valence-electron chi connectivity index (χ3n) is 2.84. The highest BCUT2D eigenvalue weighted by atomic mass is 15.5. The minimum atomic E-state index is 1.04. The fourth-order valence-corrected chi connectivity index (χ4v) is 2.11. The number of quaternary nitrogens is 1. The molecule has 4 nitrogen and oxygen atoms in total. The second-order valence-electron chi connectivity index (χ2n) is 4.26. The van der Waals surface area contributed by atoms with E-state index in [1.165, 1.54) is 25.9 Å². The first-order valence-electron chi connectivity index (χ1n) is 4.87. The highest BCUT2D eigenvalue weighted by Crippen LogP contribution is 2.19. The summed E-state index contributed by atoms with van der Waals surface area (Å²) < 4.78 is 1.14. The number of aryl methyl sites for hydroxylation is 1. The summed E-state index contributed by atoms with van der Waals surface area (Å²) in [5, 5.41) is 8.39. The van der Waals surface area contributed by atoms with Crippen LogP contribution in [0, 0.1) is 0 Å². The van der Waals surface area contributed by atoms with E-state index in [0.29, 0.717) is 0 Å². The molecule has 1 fully saturated rings. The average molecular weight is 181 g/mol. The lowest BCUT2D eigenvalue weighted by molar-refractivity contribution is -0.911. The van der Waals surface area contributed by atoms with Gasteiger partial charge in [0.05, 0.1) is 26.3 Å². The molecule has 0 unspecified atom stereocenters. The van der Waals surface area contributed by atoms with Crippen LogP contribution in [-0.4, -0.2) is 39.6 Å². The molecule has 2 heterocycles. The standard InChI is InChI=1S/C9H17N4/c1-12-10-7-9(11-12)8-13(2)5-3-4-6-13/h7H,3-6,8H2,1-2H3/q+1. The van der Waals surface area contributed by atoms with Crippen molar-refractivity contribution in [2.45, 2.75) is 19.4 Å². The van der Waals surface area contributed by atoms with Crippen molar-refractivity contribution in [1.82, 2.24) is 15.0 Å². The van der Waals surface area contributed by atoms with Crippen molar-refractivity contribution in [3.8, 4) is 0 Å². The van der Waals surface area contributed by atoms with Crippen LogP contribution in [0.25, 0.3) is 0 Å². The first-order valence-corrected chi connectivity index (χ1v) is 4.87. The van der Waals surface area contributed by atoms with E-state index in [-0.39, 0.29) is 0 Å². The van der Waals surface area contributed by atoms with Gasteiger partial charge in [-0.25, -0.2) is 0 Å². The number of hydrogen-bond acceptors (Lipinski definition) is 2. The van der Waals surface area contributed by atoms with Crippen LogP contribution < -0.4 is 0 Å². The quantitative estimate of drug-likeness (QED) is 0.624. The Kier molecular flexibility index (Phi) is 2.07. The van der Waals surface area contributed by atoms with Gasteiger partial charge in [-0.05, 0) is 0 Å². The molecule has 0 atom stereocenters. The molecule has 0 bridgehead atoms. The summed E-state index contributed by atoms with van der Waals surface area (Å²) in [5.41, 5.74) is 1.12. The summed E-state index contributed by atoms with van der Waals surface area (Å²) in [7, 11) is 4.18. The molecule has 0 aliphatic carbocycles. The molecule has 13 heavy (non-hydrogen) atoms. The molecule has 0 saturated carbocycles. The lowest BCUT2D eigenvalue weighted by Gasteiger charge is -2.27. The summed E-state index contributed by atoms with van der Waals surface area (Å²) in [4.78, 5) is 1.64. The van der Waals surface area contributed by atoms with Crippen LogP contribution in [0.4, 0.5) is 0 Å². The fourth-order valence-electron chi connectivity index (χ4n) is 2.11. The van der Waals surface area contributed by atoms with Crippen LogP contribution in [0.5, 0.6) is 0 Å². The molecule has 1 aromatic heterocycles. The molecular formula is C9H17N4+. The third-order valence-corrected chi connectivity index (χ3v) is 2.84. The third kappa shape index (κ3) is 1.88. The van der Waals surface area contributed by atoms with E-state index in [4.69, 9.17) is 0 Å². The lowest BCUT2D eigenvalue weighted by Crippen LogP contribution is -2.39. The molecule has 72 valence electrons. The van der Waals surface area contributed by atoms with Crippen LogP contribution in [-0.2, 0) is 13.6 Å². The van der Waals surface area contributed by atoms with Gasteiger partial charge in [-0.2, -0.15) is 15.0 Å². The highest BCUT2D eigenvalue weighted by Gasteiger charge is 2.27. The van der Waals surface area contributed by atoms with E-state index in [0.717, 1.165) is 16.7 Å². The predicted molar refractivity (Wildman–Crippen MR) is 49.9 cm³/mol. The Bertz CT molecular complexity index is 286. The van der Waals surface area contributed by atoms with E-state index in [2.05, 4.69) is 17.2 Å². The molecule has 1 saturated heterocycles. The molecule has 2 rings (SSSR count). The number of aromatic nitrogens is 3. The van der Waals surface area contributed by atoms with Crippen molar-refractivity contribution in [1.29, 1.82) is 0 Å². The van der Waals surface area contributed by atoms with Gasteiger partial charge < -0.3 is 4.48 Å². The molecule has 1 aliphatic heterocycles. The van der Waals surface area contributed by atoms with E-state index in [9.17, 15) is 0 Å². The Balaban J connectivity index is 2.04.